The number of hydrogen-bond acceptors (Lipinski definition) is 2. The molecule has 1 aromatic carbocycles. The fourth-order valence-electron chi connectivity index (χ4n) is 1.22. The summed E-state index contributed by atoms with van der Waals surface area (Å²) < 4.78 is 23.7. The summed E-state index contributed by atoms with van der Waals surface area (Å²) in [6.45, 7) is 0. The smallest absolute Gasteiger partial charge is 0.324 e. The van der Waals surface area contributed by atoms with Crippen molar-refractivity contribution in [2.45, 2.75) is 12.8 Å². The Hall–Kier alpha value is -1.23. The molecule has 0 aliphatic rings. The fraction of sp³-hybridized carbons (Fsp3) is 0.300. The molecule has 0 heterocycles. The Morgan fingerprint density at radius 2 is 2.00 bits per heavy atom. The lowest BCUT2D eigenvalue weighted by Gasteiger charge is -2.06. The molecular weight excluding hydrogens is 248 g/mol. The number of nitrogens with one attached hydrogen (secondary N) is 1. The molecule has 0 aromatic heterocycles. The van der Waals surface area contributed by atoms with E-state index in [-0.39, 0.29) is 24.7 Å². The summed E-state index contributed by atoms with van der Waals surface area (Å²) in [5.74, 6) is -1.01. The van der Waals surface area contributed by atoms with Crippen LogP contribution in [0.3, 0.4) is 0 Å². The molecule has 0 bridgehead atoms. The quantitative estimate of drug-likeness (QED) is 0.704. The van der Waals surface area contributed by atoms with Crippen molar-refractivity contribution in [3.8, 4) is 0 Å². The molecule has 0 aliphatic heterocycles. The van der Waals surface area contributed by atoms with Crippen LogP contribution < -0.4 is 5.32 Å². The summed E-state index contributed by atoms with van der Waals surface area (Å²) >= 11 is 0. The molecule has 0 spiro atoms. The van der Waals surface area contributed by atoms with Gasteiger partial charge >= 0.3 is 7.60 Å². The number of halogens is 1. The summed E-state index contributed by atoms with van der Waals surface area (Å²) in [6, 6.07) is 5.70. The number of para-hydroxylation sites is 1. The molecule has 0 fully saturated rings. The van der Waals surface area contributed by atoms with Gasteiger partial charge in [0.05, 0.1) is 11.8 Å². The van der Waals surface area contributed by atoms with E-state index in [4.69, 9.17) is 9.79 Å². The van der Waals surface area contributed by atoms with E-state index in [0.29, 0.717) is 0 Å². The molecule has 1 aromatic rings. The minimum atomic E-state index is -4.07. The van der Waals surface area contributed by atoms with E-state index in [9.17, 15) is 13.8 Å². The van der Waals surface area contributed by atoms with Crippen molar-refractivity contribution in [1.29, 1.82) is 0 Å². The van der Waals surface area contributed by atoms with E-state index in [0.717, 1.165) is 0 Å². The largest absolute Gasteiger partial charge is 0.325 e. The first kappa shape index (κ1) is 13.8. The Morgan fingerprint density at radius 3 is 2.59 bits per heavy atom. The summed E-state index contributed by atoms with van der Waals surface area (Å²) in [7, 11) is -4.07. The maximum atomic E-state index is 13.1. The van der Waals surface area contributed by atoms with Gasteiger partial charge in [0.15, 0.2) is 0 Å². The first-order valence-corrected chi connectivity index (χ1v) is 6.77. The standard InChI is InChI=1S/C10H13FNO4P/c11-8-4-1-2-5-9(8)12-10(13)6-3-7-17(14,15)16/h1-2,4-5H,3,6-7H2,(H,12,13)(H2,14,15,16). The van der Waals surface area contributed by atoms with Crippen molar-refractivity contribution >= 4 is 19.2 Å². The van der Waals surface area contributed by atoms with Gasteiger partial charge < -0.3 is 15.1 Å². The Morgan fingerprint density at radius 1 is 1.35 bits per heavy atom. The number of carbonyl (C=O) groups is 1. The summed E-state index contributed by atoms with van der Waals surface area (Å²) in [6.07, 6.45) is -0.346. The van der Waals surface area contributed by atoms with E-state index in [1.165, 1.54) is 18.2 Å². The third-order valence-electron chi connectivity index (χ3n) is 2.00. The van der Waals surface area contributed by atoms with Crippen LogP contribution in [0.1, 0.15) is 12.8 Å². The normalized spacial score (nSPS) is 11.2. The highest BCUT2D eigenvalue weighted by molar-refractivity contribution is 7.51. The number of rotatable bonds is 5. The van der Waals surface area contributed by atoms with Gasteiger partial charge in [-0.3, -0.25) is 9.36 Å². The maximum absolute atomic E-state index is 13.1. The Balaban J connectivity index is 2.41. The average molecular weight is 261 g/mol. The average Bonchev–Trinajstić information content (AvgIpc) is 2.19. The zero-order valence-corrected chi connectivity index (χ0v) is 9.86. The van der Waals surface area contributed by atoms with Gasteiger partial charge in [-0.25, -0.2) is 4.39 Å². The number of hydrogen-bond donors (Lipinski definition) is 3. The molecule has 3 N–H and O–H groups in total. The van der Waals surface area contributed by atoms with Crippen molar-refractivity contribution in [2.75, 3.05) is 11.5 Å². The van der Waals surface area contributed by atoms with Gasteiger partial charge in [-0.2, -0.15) is 0 Å². The maximum Gasteiger partial charge on any atom is 0.325 e. The molecule has 7 heteroatoms. The zero-order valence-electron chi connectivity index (χ0n) is 8.97. The Kier molecular flexibility index (Phi) is 4.81. The van der Waals surface area contributed by atoms with Crippen LogP contribution in [0.15, 0.2) is 24.3 Å². The summed E-state index contributed by atoms with van der Waals surface area (Å²) in [5, 5.41) is 2.33. The second kappa shape index (κ2) is 5.91. The summed E-state index contributed by atoms with van der Waals surface area (Å²) in [5.41, 5.74) is 0.0636. The molecule has 0 aliphatic carbocycles. The highest BCUT2D eigenvalue weighted by Crippen LogP contribution is 2.35. The minimum absolute atomic E-state index is 0.0561. The van der Waals surface area contributed by atoms with Crippen LogP contribution in [-0.4, -0.2) is 21.9 Å². The Bertz CT molecular complexity index is 446. The predicted octanol–water partition coefficient (Wildman–Crippen LogP) is 1.72. The van der Waals surface area contributed by atoms with Crippen LogP contribution in [0.5, 0.6) is 0 Å². The van der Waals surface area contributed by atoms with E-state index in [2.05, 4.69) is 5.32 Å². The number of amides is 1. The topological polar surface area (TPSA) is 86.6 Å². The van der Waals surface area contributed by atoms with Crippen LogP contribution in [0.2, 0.25) is 0 Å². The summed E-state index contributed by atoms with van der Waals surface area (Å²) in [4.78, 5) is 28.5. The molecule has 0 saturated heterocycles. The molecule has 17 heavy (non-hydrogen) atoms. The van der Waals surface area contributed by atoms with Crippen molar-refractivity contribution in [3.05, 3.63) is 30.1 Å². The van der Waals surface area contributed by atoms with Gasteiger partial charge in [0.25, 0.3) is 0 Å². The van der Waals surface area contributed by atoms with Gasteiger partial charge in [-0.15, -0.1) is 0 Å². The van der Waals surface area contributed by atoms with Crippen LogP contribution in [-0.2, 0) is 9.36 Å². The van der Waals surface area contributed by atoms with Gasteiger partial charge in [-0.05, 0) is 18.6 Å². The fourth-order valence-corrected chi connectivity index (χ4v) is 1.79. The lowest BCUT2D eigenvalue weighted by molar-refractivity contribution is -0.116. The van der Waals surface area contributed by atoms with Gasteiger partial charge in [-0.1, -0.05) is 12.1 Å². The zero-order chi connectivity index (χ0) is 12.9. The second-order valence-electron chi connectivity index (χ2n) is 3.52. The number of anilines is 1. The van der Waals surface area contributed by atoms with Crippen molar-refractivity contribution < 1.29 is 23.5 Å². The SMILES string of the molecule is O=C(CCCP(=O)(O)O)Nc1ccccc1F. The third-order valence-corrected chi connectivity index (χ3v) is 2.90. The van der Waals surface area contributed by atoms with Crippen molar-refractivity contribution in [1.82, 2.24) is 0 Å². The molecule has 0 unspecified atom stereocenters. The second-order valence-corrected chi connectivity index (χ2v) is 5.30. The van der Waals surface area contributed by atoms with Crippen LogP contribution >= 0.6 is 7.60 Å². The van der Waals surface area contributed by atoms with Crippen LogP contribution in [0, 0.1) is 5.82 Å². The van der Waals surface area contributed by atoms with E-state index in [1.54, 1.807) is 6.07 Å². The van der Waals surface area contributed by atoms with Crippen LogP contribution in [0.4, 0.5) is 10.1 Å². The molecule has 0 atom stereocenters. The van der Waals surface area contributed by atoms with Crippen molar-refractivity contribution in [2.24, 2.45) is 0 Å². The first-order valence-electron chi connectivity index (χ1n) is 4.97. The minimum Gasteiger partial charge on any atom is -0.324 e. The Labute approximate surface area is 97.8 Å². The monoisotopic (exact) mass is 261 g/mol. The van der Waals surface area contributed by atoms with E-state index < -0.39 is 19.3 Å². The molecule has 0 saturated carbocycles. The highest BCUT2D eigenvalue weighted by Gasteiger charge is 2.13. The highest BCUT2D eigenvalue weighted by atomic mass is 31.2. The molecule has 1 amide bonds. The van der Waals surface area contributed by atoms with Crippen LogP contribution in [0.25, 0.3) is 0 Å². The lowest BCUT2D eigenvalue weighted by Crippen LogP contribution is -2.12. The number of benzene rings is 1. The molecule has 5 nitrogen and oxygen atoms in total. The van der Waals surface area contributed by atoms with Gasteiger partial charge in [0.1, 0.15) is 5.82 Å². The molecule has 1 rings (SSSR count). The molecular formula is C10H13FNO4P. The van der Waals surface area contributed by atoms with Gasteiger partial charge in [0, 0.05) is 6.42 Å². The van der Waals surface area contributed by atoms with Crippen molar-refractivity contribution in [3.63, 3.8) is 0 Å². The third kappa shape index (κ3) is 5.58. The molecule has 94 valence electrons. The van der Waals surface area contributed by atoms with Gasteiger partial charge in [0.2, 0.25) is 5.91 Å². The van der Waals surface area contributed by atoms with E-state index >= 15 is 0 Å². The number of carbonyl (C=O) groups excluding carboxylic acids is 1. The molecule has 0 radical (unpaired) electrons. The van der Waals surface area contributed by atoms with E-state index in [1.807, 2.05) is 0 Å². The lowest BCUT2D eigenvalue weighted by atomic mass is 10.2. The first-order chi connectivity index (χ1) is 7.88. The predicted molar refractivity (Wildman–Crippen MR) is 61.2 cm³/mol.